The molecular formula is C15H23NO. The smallest absolute Gasteiger partial charge is 0.118 e. The first-order valence-electron chi connectivity index (χ1n) is 6.66. The van der Waals surface area contributed by atoms with Gasteiger partial charge in [0, 0.05) is 12.6 Å². The van der Waals surface area contributed by atoms with Crippen LogP contribution in [0.1, 0.15) is 38.2 Å². The lowest BCUT2D eigenvalue weighted by Crippen LogP contribution is -2.36. The monoisotopic (exact) mass is 233 g/mol. The summed E-state index contributed by atoms with van der Waals surface area (Å²) < 4.78 is 5.16. The Kier molecular flexibility index (Phi) is 4.43. The van der Waals surface area contributed by atoms with Crippen LogP contribution < -0.4 is 10.1 Å². The molecule has 1 fully saturated rings. The van der Waals surface area contributed by atoms with Gasteiger partial charge in [0.25, 0.3) is 0 Å². The SMILES string of the molecule is COc1ccc(CN[C@H]2CCCC[C@@H]2C)cc1. The fraction of sp³-hybridized carbons (Fsp3) is 0.600. The number of rotatable bonds is 4. The average Bonchev–Trinajstić information content (AvgIpc) is 2.38. The zero-order chi connectivity index (χ0) is 12.1. The molecule has 1 aliphatic carbocycles. The molecule has 0 amide bonds. The van der Waals surface area contributed by atoms with Crippen molar-refractivity contribution in [3.8, 4) is 5.75 Å². The Morgan fingerprint density at radius 2 is 1.88 bits per heavy atom. The third kappa shape index (κ3) is 3.47. The third-order valence-electron chi connectivity index (χ3n) is 3.84. The van der Waals surface area contributed by atoms with Gasteiger partial charge >= 0.3 is 0 Å². The Bertz CT molecular complexity index is 333. The molecule has 0 aromatic heterocycles. The number of hydrogen-bond donors (Lipinski definition) is 1. The topological polar surface area (TPSA) is 21.3 Å². The minimum Gasteiger partial charge on any atom is -0.497 e. The van der Waals surface area contributed by atoms with Crippen molar-refractivity contribution in [2.75, 3.05) is 7.11 Å². The van der Waals surface area contributed by atoms with E-state index in [0.29, 0.717) is 6.04 Å². The van der Waals surface area contributed by atoms with Crippen molar-refractivity contribution >= 4 is 0 Å². The van der Waals surface area contributed by atoms with E-state index in [0.717, 1.165) is 18.2 Å². The highest BCUT2D eigenvalue weighted by atomic mass is 16.5. The van der Waals surface area contributed by atoms with Gasteiger partial charge in [-0.3, -0.25) is 0 Å². The molecule has 0 spiro atoms. The van der Waals surface area contributed by atoms with Crippen LogP contribution in [0.4, 0.5) is 0 Å². The number of ether oxygens (including phenoxy) is 1. The quantitative estimate of drug-likeness (QED) is 0.861. The van der Waals surface area contributed by atoms with Gasteiger partial charge in [0.05, 0.1) is 7.11 Å². The summed E-state index contributed by atoms with van der Waals surface area (Å²) in [4.78, 5) is 0. The predicted octanol–water partition coefficient (Wildman–Crippen LogP) is 3.36. The molecule has 1 aromatic rings. The maximum atomic E-state index is 5.16. The van der Waals surface area contributed by atoms with Crippen LogP contribution >= 0.6 is 0 Å². The van der Waals surface area contributed by atoms with Crippen LogP contribution in [0.3, 0.4) is 0 Å². The summed E-state index contributed by atoms with van der Waals surface area (Å²) in [6, 6.07) is 9.03. The highest BCUT2D eigenvalue weighted by Gasteiger charge is 2.20. The lowest BCUT2D eigenvalue weighted by molar-refractivity contribution is 0.279. The maximum Gasteiger partial charge on any atom is 0.118 e. The van der Waals surface area contributed by atoms with Gasteiger partial charge < -0.3 is 10.1 Å². The second-order valence-corrected chi connectivity index (χ2v) is 5.10. The van der Waals surface area contributed by atoms with E-state index in [-0.39, 0.29) is 0 Å². The molecule has 0 heterocycles. The minimum absolute atomic E-state index is 0.700. The molecule has 2 rings (SSSR count). The Morgan fingerprint density at radius 1 is 1.18 bits per heavy atom. The second-order valence-electron chi connectivity index (χ2n) is 5.10. The third-order valence-corrected chi connectivity index (χ3v) is 3.84. The summed E-state index contributed by atoms with van der Waals surface area (Å²) in [5, 5.41) is 3.68. The Morgan fingerprint density at radius 3 is 2.53 bits per heavy atom. The summed E-state index contributed by atoms with van der Waals surface area (Å²) >= 11 is 0. The summed E-state index contributed by atoms with van der Waals surface area (Å²) in [7, 11) is 1.71. The van der Waals surface area contributed by atoms with Crippen LogP contribution in [0, 0.1) is 5.92 Å². The number of nitrogens with one attached hydrogen (secondary N) is 1. The van der Waals surface area contributed by atoms with Crippen LogP contribution in [0.5, 0.6) is 5.75 Å². The number of hydrogen-bond acceptors (Lipinski definition) is 2. The zero-order valence-corrected chi connectivity index (χ0v) is 10.9. The summed E-state index contributed by atoms with van der Waals surface area (Å²) in [5.74, 6) is 1.75. The van der Waals surface area contributed by atoms with E-state index in [1.54, 1.807) is 7.11 Å². The highest BCUT2D eigenvalue weighted by molar-refractivity contribution is 5.27. The summed E-state index contributed by atoms with van der Waals surface area (Å²) in [6.45, 7) is 3.34. The van der Waals surface area contributed by atoms with Crippen molar-refractivity contribution in [3.63, 3.8) is 0 Å². The van der Waals surface area contributed by atoms with Crippen LogP contribution in [-0.4, -0.2) is 13.2 Å². The van der Waals surface area contributed by atoms with Crippen LogP contribution in [-0.2, 0) is 6.54 Å². The van der Waals surface area contributed by atoms with Crippen LogP contribution in [0.25, 0.3) is 0 Å². The standard InChI is InChI=1S/C15H23NO/c1-12-5-3-4-6-15(12)16-11-13-7-9-14(17-2)10-8-13/h7-10,12,15-16H,3-6,11H2,1-2H3/t12-,15-/m0/s1. The highest BCUT2D eigenvalue weighted by Crippen LogP contribution is 2.24. The molecule has 0 unspecified atom stereocenters. The molecule has 2 heteroatoms. The second kappa shape index (κ2) is 6.06. The van der Waals surface area contributed by atoms with Gasteiger partial charge in [0.15, 0.2) is 0 Å². The van der Waals surface area contributed by atoms with E-state index in [1.165, 1.54) is 31.2 Å². The van der Waals surface area contributed by atoms with E-state index in [2.05, 4.69) is 24.4 Å². The predicted molar refractivity (Wildman–Crippen MR) is 71.3 cm³/mol. The molecule has 2 atom stereocenters. The number of benzene rings is 1. The maximum absolute atomic E-state index is 5.16. The lowest BCUT2D eigenvalue weighted by Gasteiger charge is -2.29. The van der Waals surface area contributed by atoms with E-state index >= 15 is 0 Å². The molecule has 0 saturated heterocycles. The summed E-state index contributed by atoms with van der Waals surface area (Å²) in [6.07, 6.45) is 5.49. The fourth-order valence-corrected chi connectivity index (χ4v) is 2.61. The largest absolute Gasteiger partial charge is 0.497 e. The minimum atomic E-state index is 0.700. The molecule has 0 bridgehead atoms. The van der Waals surface area contributed by atoms with E-state index in [1.807, 2.05) is 12.1 Å². The average molecular weight is 233 g/mol. The van der Waals surface area contributed by atoms with Gasteiger partial charge in [-0.05, 0) is 36.5 Å². The van der Waals surface area contributed by atoms with Crippen molar-refractivity contribution in [3.05, 3.63) is 29.8 Å². The Hall–Kier alpha value is -1.02. The van der Waals surface area contributed by atoms with Gasteiger partial charge in [-0.1, -0.05) is 31.9 Å². The summed E-state index contributed by atoms with van der Waals surface area (Å²) in [5.41, 5.74) is 1.34. The van der Waals surface area contributed by atoms with Crippen molar-refractivity contribution in [1.82, 2.24) is 5.32 Å². The van der Waals surface area contributed by atoms with Gasteiger partial charge in [0.2, 0.25) is 0 Å². The molecule has 1 N–H and O–H groups in total. The first-order chi connectivity index (χ1) is 8.29. The van der Waals surface area contributed by atoms with Gasteiger partial charge in [-0.25, -0.2) is 0 Å². The lowest BCUT2D eigenvalue weighted by atomic mass is 9.86. The van der Waals surface area contributed by atoms with E-state index in [9.17, 15) is 0 Å². The first-order valence-corrected chi connectivity index (χ1v) is 6.66. The van der Waals surface area contributed by atoms with Gasteiger partial charge in [0.1, 0.15) is 5.75 Å². The molecule has 94 valence electrons. The molecule has 1 saturated carbocycles. The molecular weight excluding hydrogens is 210 g/mol. The van der Waals surface area contributed by atoms with Crippen LogP contribution in [0.2, 0.25) is 0 Å². The molecule has 2 nitrogen and oxygen atoms in total. The molecule has 1 aromatic carbocycles. The fourth-order valence-electron chi connectivity index (χ4n) is 2.61. The molecule has 0 aliphatic heterocycles. The zero-order valence-electron chi connectivity index (χ0n) is 10.9. The molecule has 0 radical (unpaired) electrons. The first kappa shape index (κ1) is 12.4. The Balaban J connectivity index is 1.84. The van der Waals surface area contributed by atoms with Crippen LogP contribution in [0.15, 0.2) is 24.3 Å². The molecule has 17 heavy (non-hydrogen) atoms. The Labute approximate surface area is 104 Å². The van der Waals surface area contributed by atoms with E-state index < -0.39 is 0 Å². The van der Waals surface area contributed by atoms with Gasteiger partial charge in [-0.2, -0.15) is 0 Å². The normalized spacial score (nSPS) is 24.6. The molecule has 1 aliphatic rings. The van der Waals surface area contributed by atoms with Crippen molar-refractivity contribution in [1.29, 1.82) is 0 Å². The van der Waals surface area contributed by atoms with Crippen molar-refractivity contribution in [2.45, 2.75) is 45.2 Å². The van der Waals surface area contributed by atoms with Gasteiger partial charge in [-0.15, -0.1) is 0 Å². The van der Waals surface area contributed by atoms with E-state index in [4.69, 9.17) is 4.74 Å². The number of methoxy groups -OCH3 is 1. The van der Waals surface area contributed by atoms with Crippen molar-refractivity contribution in [2.24, 2.45) is 5.92 Å². The van der Waals surface area contributed by atoms with Crippen molar-refractivity contribution < 1.29 is 4.74 Å².